The Bertz CT molecular complexity index is 474. The van der Waals surface area contributed by atoms with Crippen LogP contribution in [0.2, 0.25) is 0 Å². The average molecular weight is 292 g/mol. The van der Waals surface area contributed by atoms with Gasteiger partial charge in [-0.1, -0.05) is 19.9 Å². The summed E-state index contributed by atoms with van der Waals surface area (Å²) in [6.45, 7) is 9.81. The number of nitrogens with one attached hydrogen (secondary N) is 2. The topological polar surface area (TPSA) is 44.0 Å². The van der Waals surface area contributed by atoms with Crippen molar-refractivity contribution in [3.63, 3.8) is 0 Å². The van der Waals surface area contributed by atoms with Gasteiger partial charge in [-0.2, -0.15) is 5.10 Å². The van der Waals surface area contributed by atoms with E-state index in [1.54, 1.807) is 11.3 Å². The Morgan fingerprint density at radius 3 is 2.90 bits per heavy atom. The molecule has 2 heterocycles. The van der Waals surface area contributed by atoms with E-state index >= 15 is 0 Å². The van der Waals surface area contributed by atoms with Gasteiger partial charge in [0, 0.05) is 12.1 Å². The highest BCUT2D eigenvalue weighted by atomic mass is 32.1. The monoisotopic (exact) mass is 292 g/mol. The van der Waals surface area contributed by atoms with Crippen LogP contribution in [0.1, 0.15) is 25.8 Å². The van der Waals surface area contributed by atoms with E-state index in [2.05, 4.69) is 51.8 Å². The standard InChI is InChI=1S/C15H24N4S/c1-3-19(4-2)9-6-8-16-11-13-12-17-18-15(13)14-7-5-10-20-14/h5,7,10,12,16H,3-4,6,8-9,11H2,1-2H3,(H,17,18). The zero-order valence-electron chi connectivity index (χ0n) is 12.4. The predicted octanol–water partition coefficient (Wildman–Crippen LogP) is 2.96. The molecule has 2 rings (SSSR count). The fraction of sp³-hybridized carbons (Fsp3) is 0.533. The van der Waals surface area contributed by atoms with Gasteiger partial charge in [-0.25, -0.2) is 0 Å². The van der Waals surface area contributed by atoms with Crippen molar-refractivity contribution >= 4 is 11.3 Å². The summed E-state index contributed by atoms with van der Waals surface area (Å²) in [6.07, 6.45) is 3.11. The van der Waals surface area contributed by atoms with E-state index in [-0.39, 0.29) is 0 Å². The van der Waals surface area contributed by atoms with Crippen LogP contribution in [-0.2, 0) is 6.54 Å². The summed E-state index contributed by atoms with van der Waals surface area (Å²) in [5, 5.41) is 12.9. The van der Waals surface area contributed by atoms with Gasteiger partial charge in [-0.05, 0) is 44.0 Å². The van der Waals surface area contributed by atoms with Crippen LogP contribution >= 0.6 is 11.3 Å². The SMILES string of the molecule is CCN(CC)CCCNCc1cn[nH]c1-c1cccs1. The quantitative estimate of drug-likeness (QED) is 0.698. The molecule has 0 fully saturated rings. The minimum Gasteiger partial charge on any atom is -0.312 e. The molecule has 0 aliphatic rings. The van der Waals surface area contributed by atoms with E-state index in [4.69, 9.17) is 0 Å². The summed E-state index contributed by atoms with van der Waals surface area (Å²) in [7, 11) is 0. The van der Waals surface area contributed by atoms with E-state index < -0.39 is 0 Å². The molecule has 2 aromatic heterocycles. The molecular weight excluding hydrogens is 268 g/mol. The third kappa shape index (κ3) is 4.16. The first-order valence-electron chi connectivity index (χ1n) is 7.34. The molecule has 2 N–H and O–H groups in total. The predicted molar refractivity (Wildman–Crippen MR) is 86.0 cm³/mol. The molecule has 0 amide bonds. The number of nitrogens with zero attached hydrogens (tertiary/aromatic N) is 2. The van der Waals surface area contributed by atoms with Gasteiger partial charge in [0.25, 0.3) is 0 Å². The van der Waals surface area contributed by atoms with Gasteiger partial charge in [0.2, 0.25) is 0 Å². The molecule has 0 saturated carbocycles. The summed E-state index contributed by atoms with van der Waals surface area (Å²) in [6, 6.07) is 4.20. The van der Waals surface area contributed by atoms with Crippen LogP contribution in [0.25, 0.3) is 10.6 Å². The van der Waals surface area contributed by atoms with Gasteiger partial charge in [0.15, 0.2) is 0 Å². The first-order chi connectivity index (χ1) is 9.85. The molecule has 20 heavy (non-hydrogen) atoms. The lowest BCUT2D eigenvalue weighted by molar-refractivity contribution is 0.298. The minimum absolute atomic E-state index is 0.877. The van der Waals surface area contributed by atoms with Gasteiger partial charge in [0.05, 0.1) is 16.8 Å². The molecule has 0 aliphatic carbocycles. The number of H-pyrrole nitrogens is 1. The molecule has 0 bridgehead atoms. The fourth-order valence-electron chi connectivity index (χ4n) is 2.27. The van der Waals surface area contributed by atoms with Crippen molar-refractivity contribution in [2.45, 2.75) is 26.8 Å². The second-order valence-corrected chi connectivity index (χ2v) is 5.75. The highest BCUT2D eigenvalue weighted by Gasteiger charge is 2.07. The molecule has 4 nitrogen and oxygen atoms in total. The Labute approximate surface area is 125 Å². The Balaban J connectivity index is 1.74. The average Bonchev–Trinajstić information content (AvgIpc) is 3.13. The second-order valence-electron chi connectivity index (χ2n) is 4.80. The highest BCUT2D eigenvalue weighted by molar-refractivity contribution is 7.13. The lowest BCUT2D eigenvalue weighted by atomic mass is 10.2. The van der Waals surface area contributed by atoms with E-state index in [9.17, 15) is 0 Å². The molecule has 0 radical (unpaired) electrons. The summed E-state index contributed by atoms with van der Waals surface area (Å²) in [5.41, 5.74) is 2.39. The molecule has 2 aromatic rings. The van der Waals surface area contributed by atoms with Crippen LogP contribution in [0, 0.1) is 0 Å². The van der Waals surface area contributed by atoms with Crippen LogP contribution in [0.5, 0.6) is 0 Å². The van der Waals surface area contributed by atoms with Crippen molar-refractivity contribution in [2.24, 2.45) is 0 Å². The summed E-state index contributed by atoms with van der Waals surface area (Å²) >= 11 is 1.74. The van der Waals surface area contributed by atoms with E-state index in [1.165, 1.54) is 23.4 Å². The zero-order valence-corrected chi connectivity index (χ0v) is 13.2. The maximum absolute atomic E-state index is 4.17. The van der Waals surface area contributed by atoms with Gasteiger partial charge in [-0.15, -0.1) is 11.3 Å². The van der Waals surface area contributed by atoms with Crippen LogP contribution in [0.4, 0.5) is 0 Å². The van der Waals surface area contributed by atoms with Crippen LogP contribution in [-0.4, -0.2) is 41.3 Å². The molecule has 5 heteroatoms. The largest absolute Gasteiger partial charge is 0.312 e. The van der Waals surface area contributed by atoms with E-state index in [1.807, 2.05) is 6.20 Å². The zero-order chi connectivity index (χ0) is 14.2. The molecule has 0 aliphatic heterocycles. The number of hydrogen-bond donors (Lipinski definition) is 2. The summed E-state index contributed by atoms with van der Waals surface area (Å²) in [4.78, 5) is 3.71. The van der Waals surface area contributed by atoms with Gasteiger partial charge in [0.1, 0.15) is 0 Å². The van der Waals surface area contributed by atoms with E-state index in [0.29, 0.717) is 0 Å². The maximum Gasteiger partial charge on any atom is 0.0794 e. The third-order valence-electron chi connectivity index (χ3n) is 3.52. The summed E-state index contributed by atoms with van der Waals surface area (Å²) in [5.74, 6) is 0. The van der Waals surface area contributed by atoms with Gasteiger partial charge < -0.3 is 10.2 Å². The second kappa shape index (κ2) is 8.19. The van der Waals surface area contributed by atoms with Gasteiger partial charge in [-0.3, -0.25) is 5.10 Å². The van der Waals surface area contributed by atoms with E-state index in [0.717, 1.165) is 31.9 Å². The van der Waals surface area contributed by atoms with Crippen molar-refractivity contribution in [1.82, 2.24) is 20.4 Å². The van der Waals surface area contributed by atoms with Crippen LogP contribution < -0.4 is 5.32 Å². The van der Waals surface area contributed by atoms with Crippen molar-refractivity contribution in [2.75, 3.05) is 26.2 Å². The summed E-state index contributed by atoms with van der Waals surface area (Å²) < 4.78 is 0. The Hall–Kier alpha value is -1.17. The first-order valence-corrected chi connectivity index (χ1v) is 8.22. The van der Waals surface area contributed by atoms with Crippen LogP contribution in [0.15, 0.2) is 23.7 Å². The number of thiophene rings is 1. The Morgan fingerprint density at radius 1 is 1.35 bits per heavy atom. The maximum atomic E-state index is 4.17. The first kappa shape index (κ1) is 15.2. The molecule has 0 saturated heterocycles. The van der Waals surface area contributed by atoms with Crippen molar-refractivity contribution in [1.29, 1.82) is 0 Å². The number of rotatable bonds is 9. The van der Waals surface area contributed by atoms with Gasteiger partial charge >= 0.3 is 0 Å². The van der Waals surface area contributed by atoms with Crippen LogP contribution in [0.3, 0.4) is 0 Å². The van der Waals surface area contributed by atoms with Crippen molar-refractivity contribution < 1.29 is 0 Å². The Kier molecular flexibility index (Phi) is 6.24. The molecule has 110 valence electrons. The lowest BCUT2D eigenvalue weighted by Crippen LogP contribution is -2.27. The normalized spacial score (nSPS) is 11.3. The molecule has 0 atom stereocenters. The van der Waals surface area contributed by atoms with Crippen molar-refractivity contribution in [3.05, 3.63) is 29.3 Å². The number of hydrogen-bond acceptors (Lipinski definition) is 4. The van der Waals surface area contributed by atoms with Crippen molar-refractivity contribution in [3.8, 4) is 10.6 Å². The molecule has 0 aromatic carbocycles. The lowest BCUT2D eigenvalue weighted by Gasteiger charge is -2.17. The molecule has 0 unspecified atom stereocenters. The third-order valence-corrected chi connectivity index (χ3v) is 4.41. The molecule has 0 spiro atoms. The smallest absolute Gasteiger partial charge is 0.0794 e. The Morgan fingerprint density at radius 2 is 2.20 bits per heavy atom. The number of aromatic nitrogens is 2. The fourth-order valence-corrected chi connectivity index (χ4v) is 3.03. The molecular formula is C15H24N4S. The number of aromatic amines is 1. The highest BCUT2D eigenvalue weighted by Crippen LogP contribution is 2.25. The minimum atomic E-state index is 0.877.